The number of nitrogens with one attached hydrogen (secondary N) is 2. The molecule has 0 unspecified atom stereocenters. The highest BCUT2D eigenvalue weighted by atomic mass is 35.5. The molecule has 2 aromatic carbocycles. The first kappa shape index (κ1) is 18.2. The molecule has 7 nitrogen and oxygen atoms in total. The lowest BCUT2D eigenvalue weighted by atomic mass is 10.3. The summed E-state index contributed by atoms with van der Waals surface area (Å²) in [6.07, 6.45) is 1.20. The van der Waals surface area contributed by atoms with E-state index in [0.717, 1.165) is 0 Å². The third-order valence-electron chi connectivity index (χ3n) is 3.30. The van der Waals surface area contributed by atoms with Gasteiger partial charge in [-0.3, -0.25) is 10.1 Å². The van der Waals surface area contributed by atoms with Crippen molar-refractivity contribution in [1.29, 1.82) is 0 Å². The maximum absolute atomic E-state index is 11.6. The van der Waals surface area contributed by atoms with E-state index in [-0.39, 0.29) is 22.3 Å². The molecular formula is C16H10Cl3N5O2. The second-order valence-electron chi connectivity index (χ2n) is 5.04. The predicted octanol–water partition coefficient (Wildman–Crippen LogP) is 5.83. The van der Waals surface area contributed by atoms with Crippen LogP contribution >= 0.6 is 34.8 Å². The van der Waals surface area contributed by atoms with Gasteiger partial charge in [-0.1, -0.05) is 46.9 Å². The molecule has 3 aromatic rings. The maximum atomic E-state index is 11.6. The molecule has 0 atom stereocenters. The highest BCUT2D eigenvalue weighted by Gasteiger charge is 2.24. The Labute approximate surface area is 163 Å². The van der Waals surface area contributed by atoms with Gasteiger partial charge in [0.15, 0.2) is 0 Å². The van der Waals surface area contributed by atoms with Crippen LogP contribution in [0.5, 0.6) is 0 Å². The second-order valence-corrected chi connectivity index (χ2v) is 6.26. The van der Waals surface area contributed by atoms with Crippen LogP contribution in [0.15, 0.2) is 48.8 Å². The smallest absolute Gasteiger partial charge is 0.334 e. The van der Waals surface area contributed by atoms with E-state index in [0.29, 0.717) is 21.4 Å². The Morgan fingerprint density at radius 3 is 2.35 bits per heavy atom. The summed E-state index contributed by atoms with van der Waals surface area (Å²) >= 11 is 18.0. The summed E-state index contributed by atoms with van der Waals surface area (Å²) in [6, 6.07) is 11.6. The Balaban J connectivity index is 2.01. The summed E-state index contributed by atoms with van der Waals surface area (Å²) < 4.78 is 0. The average Bonchev–Trinajstić information content (AvgIpc) is 2.59. The molecule has 10 heteroatoms. The zero-order valence-corrected chi connectivity index (χ0v) is 15.2. The lowest BCUT2D eigenvalue weighted by Crippen LogP contribution is -2.05. The van der Waals surface area contributed by atoms with Crippen LogP contribution in [-0.2, 0) is 0 Å². The topological polar surface area (TPSA) is 93.0 Å². The maximum Gasteiger partial charge on any atom is 0.353 e. The highest BCUT2D eigenvalue weighted by Crippen LogP contribution is 2.36. The summed E-state index contributed by atoms with van der Waals surface area (Å²) in [5.74, 6) is -0.0217. The minimum Gasteiger partial charge on any atom is -0.334 e. The fourth-order valence-corrected chi connectivity index (χ4v) is 2.70. The highest BCUT2D eigenvalue weighted by molar-refractivity contribution is 6.43. The zero-order chi connectivity index (χ0) is 18.7. The van der Waals surface area contributed by atoms with Gasteiger partial charge in [-0.2, -0.15) is 0 Å². The molecule has 0 saturated carbocycles. The average molecular weight is 411 g/mol. The first-order valence-corrected chi connectivity index (χ1v) is 8.32. The third kappa shape index (κ3) is 3.96. The fourth-order valence-electron chi connectivity index (χ4n) is 2.17. The van der Waals surface area contributed by atoms with Crippen LogP contribution in [0.1, 0.15) is 0 Å². The molecular weight excluding hydrogens is 401 g/mol. The summed E-state index contributed by atoms with van der Waals surface area (Å²) in [5, 5.41) is 18.3. The summed E-state index contributed by atoms with van der Waals surface area (Å²) in [4.78, 5) is 18.9. The molecule has 2 N–H and O–H groups in total. The van der Waals surface area contributed by atoms with Crippen molar-refractivity contribution in [3.63, 3.8) is 0 Å². The monoisotopic (exact) mass is 409 g/mol. The van der Waals surface area contributed by atoms with Gasteiger partial charge >= 0.3 is 5.69 Å². The molecule has 1 aromatic heterocycles. The Kier molecular flexibility index (Phi) is 5.41. The van der Waals surface area contributed by atoms with Crippen molar-refractivity contribution in [2.75, 3.05) is 10.6 Å². The molecule has 26 heavy (non-hydrogen) atoms. The van der Waals surface area contributed by atoms with Crippen molar-refractivity contribution < 1.29 is 4.92 Å². The number of aromatic nitrogens is 2. The van der Waals surface area contributed by atoms with Gasteiger partial charge in [0.1, 0.15) is 6.33 Å². The minimum absolute atomic E-state index is 0.00733. The van der Waals surface area contributed by atoms with E-state index in [1.54, 1.807) is 42.5 Å². The van der Waals surface area contributed by atoms with Gasteiger partial charge in [-0.25, -0.2) is 9.97 Å². The van der Waals surface area contributed by atoms with Crippen LogP contribution in [0, 0.1) is 10.1 Å². The molecule has 0 spiro atoms. The predicted molar refractivity (Wildman–Crippen MR) is 103 cm³/mol. The van der Waals surface area contributed by atoms with E-state index in [1.807, 2.05) is 0 Å². The van der Waals surface area contributed by atoms with E-state index >= 15 is 0 Å². The zero-order valence-electron chi connectivity index (χ0n) is 12.9. The van der Waals surface area contributed by atoms with E-state index < -0.39 is 4.92 Å². The van der Waals surface area contributed by atoms with Gasteiger partial charge in [0.2, 0.25) is 11.6 Å². The molecule has 0 saturated heterocycles. The molecule has 0 aliphatic rings. The minimum atomic E-state index is -0.590. The van der Waals surface area contributed by atoms with Crippen molar-refractivity contribution in [1.82, 2.24) is 9.97 Å². The number of benzene rings is 2. The van der Waals surface area contributed by atoms with Crippen LogP contribution in [0.2, 0.25) is 15.1 Å². The van der Waals surface area contributed by atoms with E-state index in [9.17, 15) is 10.1 Å². The van der Waals surface area contributed by atoms with E-state index in [4.69, 9.17) is 34.8 Å². The van der Waals surface area contributed by atoms with E-state index in [2.05, 4.69) is 20.6 Å². The Bertz CT molecular complexity index is 984. The largest absolute Gasteiger partial charge is 0.353 e. The molecule has 3 rings (SSSR count). The van der Waals surface area contributed by atoms with Crippen molar-refractivity contribution in [2.45, 2.75) is 0 Å². The van der Waals surface area contributed by atoms with Crippen LogP contribution in [-0.4, -0.2) is 14.9 Å². The molecule has 0 amide bonds. The van der Waals surface area contributed by atoms with Gasteiger partial charge in [0.25, 0.3) is 0 Å². The van der Waals surface area contributed by atoms with Gasteiger partial charge in [0, 0.05) is 10.7 Å². The molecule has 132 valence electrons. The molecule has 1 heterocycles. The summed E-state index contributed by atoms with van der Waals surface area (Å²) in [7, 11) is 0. The molecule has 0 aliphatic carbocycles. The van der Waals surface area contributed by atoms with Gasteiger partial charge in [-0.15, -0.1) is 0 Å². The molecule has 0 radical (unpaired) electrons. The number of hydrogen-bond acceptors (Lipinski definition) is 6. The second kappa shape index (κ2) is 7.74. The first-order valence-electron chi connectivity index (χ1n) is 7.18. The number of rotatable bonds is 5. The van der Waals surface area contributed by atoms with Crippen molar-refractivity contribution >= 4 is 63.5 Å². The fraction of sp³-hybridized carbons (Fsp3) is 0. The summed E-state index contributed by atoms with van der Waals surface area (Å²) in [6.45, 7) is 0. The van der Waals surface area contributed by atoms with Gasteiger partial charge in [0.05, 0.1) is 20.7 Å². The molecule has 0 aliphatic heterocycles. The lowest BCUT2D eigenvalue weighted by molar-refractivity contribution is -0.383. The molecule has 0 bridgehead atoms. The van der Waals surface area contributed by atoms with Gasteiger partial charge < -0.3 is 10.6 Å². The normalized spacial score (nSPS) is 10.4. The number of anilines is 4. The Morgan fingerprint density at radius 1 is 0.962 bits per heavy atom. The van der Waals surface area contributed by atoms with Crippen molar-refractivity contribution in [3.05, 3.63) is 74.0 Å². The Hall–Kier alpha value is -2.61. The number of halogens is 3. The van der Waals surface area contributed by atoms with Crippen LogP contribution in [0.3, 0.4) is 0 Å². The molecule has 0 fully saturated rings. The van der Waals surface area contributed by atoms with Crippen LogP contribution < -0.4 is 10.6 Å². The SMILES string of the molecule is O=[N+]([O-])c1c(Nc2cccc(Cl)c2)ncnc1Nc1cccc(Cl)c1Cl. The number of hydrogen-bond donors (Lipinski definition) is 2. The quantitative estimate of drug-likeness (QED) is 0.406. The van der Waals surface area contributed by atoms with E-state index in [1.165, 1.54) is 6.33 Å². The Morgan fingerprint density at radius 2 is 1.65 bits per heavy atom. The standard InChI is InChI=1S/C16H10Cl3N5O2/c17-9-3-1-4-10(7-9)22-15-14(24(25)26)16(21-8-20-15)23-12-6-2-5-11(18)13(12)19/h1-8H,(H2,20,21,22,23). The van der Waals surface area contributed by atoms with Crippen molar-refractivity contribution in [2.24, 2.45) is 0 Å². The summed E-state index contributed by atoms with van der Waals surface area (Å²) in [5.41, 5.74) is 0.587. The van der Waals surface area contributed by atoms with Gasteiger partial charge in [-0.05, 0) is 30.3 Å². The van der Waals surface area contributed by atoms with Crippen LogP contribution in [0.25, 0.3) is 0 Å². The lowest BCUT2D eigenvalue weighted by Gasteiger charge is -2.11. The van der Waals surface area contributed by atoms with Crippen LogP contribution in [0.4, 0.5) is 28.7 Å². The van der Waals surface area contributed by atoms with Crippen molar-refractivity contribution in [3.8, 4) is 0 Å². The third-order valence-corrected chi connectivity index (χ3v) is 4.35. The number of nitro groups is 1. The first-order chi connectivity index (χ1) is 12.5. The number of nitrogens with zero attached hydrogens (tertiary/aromatic N) is 3.